The van der Waals surface area contributed by atoms with E-state index in [4.69, 9.17) is 4.74 Å². The number of ether oxygens (including phenoxy) is 1. The molecule has 1 fully saturated rings. The summed E-state index contributed by atoms with van der Waals surface area (Å²) in [6, 6.07) is 10.4. The number of aryl methyl sites for hydroxylation is 1. The van der Waals surface area contributed by atoms with E-state index >= 15 is 0 Å². The van der Waals surface area contributed by atoms with Crippen molar-refractivity contribution in [1.29, 1.82) is 0 Å². The van der Waals surface area contributed by atoms with Crippen LogP contribution in [0.15, 0.2) is 30.3 Å². The van der Waals surface area contributed by atoms with Crippen LogP contribution >= 0.6 is 11.3 Å². The Kier molecular flexibility index (Phi) is 5.21. The summed E-state index contributed by atoms with van der Waals surface area (Å²) in [6.45, 7) is 3.73. The maximum Gasteiger partial charge on any atom is 0.264 e. The molecule has 0 saturated carbocycles. The van der Waals surface area contributed by atoms with Crippen molar-refractivity contribution in [3.63, 3.8) is 0 Å². The van der Waals surface area contributed by atoms with Crippen LogP contribution in [-0.2, 0) is 0 Å². The summed E-state index contributed by atoms with van der Waals surface area (Å²) >= 11 is 1.59. The van der Waals surface area contributed by atoms with E-state index in [1.807, 2.05) is 42.3 Å². The standard InChI is InChI=1S/C19H24N2O2S/c1-13-17(14-6-8-16(23-3)9-7-14)11-18(24-13)19(22)21-10-4-5-15(12-21)20-2/h6-9,11,15,20H,4-5,10,12H2,1-3H3. The van der Waals surface area contributed by atoms with Crippen LogP contribution in [0.1, 0.15) is 27.4 Å². The van der Waals surface area contributed by atoms with Gasteiger partial charge in [0.15, 0.2) is 0 Å². The number of hydrogen-bond acceptors (Lipinski definition) is 4. The van der Waals surface area contributed by atoms with Crippen LogP contribution in [0.5, 0.6) is 5.75 Å². The van der Waals surface area contributed by atoms with Gasteiger partial charge in [-0.25, -0.2) is 0 Å². The molecule has 3 rings (SSSR count). The predicted molar refractivity (Wildman–Crippen MR) is 99.0 cm³/mol. The second-order valence-electron chi connectivity index (χ2n) is 6.19. The number of likely N-dealkylation sites (N-methyl/N-ethyl adjacent to an activating group) is 1. The lowest BCUT2D eigenvalue weighted by Gasteiger charge is -2.32. The lowest BCUT2D eigenvalue weighted by molar-refractivity contribution is 0.0703. The molecule has 1 aliphatic heterocycles. The van der Waals surface area contributed by atoms with Crippen LogP contribution in [0.4, 0.5) is 0 Å². The molecule has 0 bridgehead atoms. The van der Waals surface area contributed by atoms with Crippen LogP contribution in [0.3, 0.4) is 0 Å². The Morgan fingerprint density at radius 1 is 1.33 bits per heavy atom. The zero-order chi connectivity index (χ0) is 17.1. The van der Waals surface area contributed by atoms with Gasteiger partial charge in [-0.05, 0) is 56.1 Å². The second kappa shape index (κ2) is 7.36. The van der Waals surface area contributed by atoms with E-state index in [2.05, 4.69) is 12.2 Å². The lowest BCUT2D eigenvalue weighted by atomic mass is 10.0. The number of rotatable bonds is 4. The first kappa shape index (κ1) is 17.0. The summed E-state index contributed by atoms with van der Waals surface area (Å²) in [5.74, 6) is 0.997. The third kappa shape index (κ3) is 3.47. The van der Waals surface area contributed by atoms with E-state index in [9.17, 15) is 4.79 Å². The highest BCUT2D eigenvalue weighted by Crippen LogP contribution is 2.33. The number of carbonyl (C=O) groups excluding carboxylic acids is 1. The van der Waals surface area contributed by atoms with E-state index in [0.29, 0.717) is 6.04 Å². The SMILES string of the molecule is CNC1CCCN(C(=O)c2cc(-c3ccc(OC)cc3)c(C)s2)C1. The first-order valence-corrected chi connectivity index (χ1v) is 9.15. The molecule has 1 saturated heterocycles. The Balaban J connectivity index is 1.81. The molecule has 0 radical (unpaired) electrons. The van der Waals surface area contributed by atoms with Crippen molar-refractivity contribution in [2.75, 3.05) is 27.2 Å². The first-order chi connectivity index (χ1) is 11.6. The maximum absolute atomic E-state index is 12.8. The molecule has 1 aromatic carbocycles. The Hall–Kier alpha value is -1.85. The Labute approximate surface area is 147 Å². The summed E-state index contributed by atoms with van der Waals surface area (Å²) in [7, 11) is 3.63. The number of nitrogens with zero attached hydrogens (tertiary/aromatic N) is 1. The van der Waals surface area contributed by atoms with Gasteiger partial charge in [0.05, 0.1) is 12.0 Å². The molecule has 5 heteroatoms. The van der Waals surface area contributed by atoms with Gasteiger partial charge in [0.1, 0.15) is 5.75 Å². The summed E-state index contributed by atoms with van der Waals surface area (Å²) in [4.78, 5) is 16.8. The number of carbonyl (C=O) groups is 1. The van der Waals surface area contributed by atoms with Gasteiger partial charge in [0, 0.05) is 24.0 Å². The van der Waals surface area contributed by atoms with E-state index in [1.165, 1.54) is 4.88 Å². The van der Waals surface area contributed by atoms with Crippen LogP contribution in [0.25, 0.3) is 11.1 Å². The third-order valence-electron chi connectivity index (χ3n) is 4.65. The minimum atomic E-state index is 0.155. The summed E-state index contributed by atoms with van der Waals surface area (Å²) in [5, 5.41) is 3.29. The minimum absolute atomic E-state index is 0.155. The summed E-state index contributed by atoms with van der Waals surface area (Å²) < 4.78 is 5.21. The number of nitrogens with one attached hydrogen (secondary N) is 1. The molecule has 0 spiro atoms. The van der Waals surface area contributed by atoms with Crippen LogP contribution < -0.4 is 10.1 Å². The summed E-state index contributed by atoms with van der Waals surface area (Å²) in [6.07, 6.45) is 2.20. The number of methoxy groups -OCH3 is 1. The number of benzene rings is 1. The first-order valence-electron chi connectivity index (χ1n) is 8.33. The molecule has 4 nitrogen and oxygen atoms in total. The van der Waals surface area contributed by atoms with Crippen LogP contribution in [0, 0.1) is 6.92 Å². The molecule has 2 heterocycles. The van der Waals surface area contributed by atoms with Crippen molar-refractivity contribution >= 4 is 17.2 Å². The normalized spacial score (nSPS) is 17.8. The number of amides is 1. The Bertz CT molecular complexity index is 709. The molecule has 1 amide bonds. The van der Waals surface area contributed by atoms with Gasteiger partial charge in [-0.1, -0.05) is 12.1 Å². The molecule has 0 aliphatic carbocycles. The van der Waals surface area contributed by atoms with Gasteiger partial charge < -0.3 is 15.0 Å². The van der Waals surface area contributed by atoms with Gasteiger partial charge in [0.25, 0.3) is 5.91 Å². The number of thiophene rings is 1. The fourth-order valence-electron chi connectivity index (χ4n) is 3.20. The molecule has 1 aromatic heterocycles. The molecular weight excluding hydrogens is 320 g/mol. The van der Waals surface area contributed by atoms with Gasteiger partial charge >= 0.3 is 0 Å². The highest BCUT2D eigenvalue weighted by atomic mass is 32.1. The number of hydrogen-bond donors (Lipinski definition) is 1. The predicted octanol–water partition coefficient (Wildman–Crippen LogP) is 3.56. The van der Waals surface area contributed by atoms with E-state index in [1.54, 1.807) is 18.4 Å². The molecule has 2 aromatic rings. The van der Waals surface area contributed by atoms with Gasteiger partial charge in [0.2, 0.25) is 0 Å². The van der Waals surface area contributed by atoms with Crippen LogP contribution in [-0.4, -0.2) is 44.1 Å². The van der Waals surface area contributed by atoms with Gasteiger partial charge in [-0.2, -0.15) is 0 Å². The zero-order valence-corrected chi connectivity index (χ0v) is 15.3. The third-order valence-corrected chi connectivity index (χ3v) is 5.68. The molecule has 1 unspecified atom stereocenters. The average Bonchev–Trinajstić information content (AvgIpc) is 3.03. The van der Waals surface area contributed by atoms with Crippen molar-refractivity contribution in [2.45, 2.75) is 25.8 Å². The lowest BCUT2D eigenvalue weighted by Crippen LogP contribution is -2.46. The highest BCUT2D eigenvalue weighted by Gasteiger charge is 2.25. The summed E-state index contributed by atoms with van der Waals surface area (Å²) in [5.41, 5.74) is 2.25. The topological polar surface area (TPSA) is 41.6 Å². The Morgan fingerprint density at radius 3 is 2.75 bits per heavy atom. The van der Waals surface area contributed by atoms with Crippen molar-refractivity contribution < 1.29 is 9.53 Å². The number of likely N-dealkylation sites (tertiary alicyclic amines) is 1. The van der Waals surface area contributed by atoms with Gasteiger partial charge in [-0.15, -0.1) is 11.3 Å². The molecule has 1 aliphatic rings. The molecular formula is C19H24N2O2S. The van der Waals surface area contributed by atoms with Crippen molar-refractivity contribution in [1.82, 2.24) is 10.2 Å². The van der Waals surface area contributed by atoms with Crippen molar-refractivity contribution in [2.24, 2.45) is 0 Å². The monoisotopic (exact) mass is 344 g/mol. The maximum atomic E-state index is 12.8. The molecule has 1 N–H and O–H groups in total. The molecule has 1 atom stereocenters. The fraction of sp³-hybridized carbons (Fsp3) is 0.421. The smallest absolute Gasteiger partial charge is 0.264 e. The van der Waals surface area contributed by atoms with Crippen molar-refractivity contribution in [3.05, 3.63) is 40.1 Å². The zero-order valence-electron chi connectivity index (χ0n) is 14.5. The molecule has 128 valence electrons. The van der Waals surface area contributed by atoms with Crippen LogP contribution in [0.2, 0.25) is 0 Å². The highest BCUT2D eigenvalue weighted by molar-refractivity contribution is 7.14. The largest absolute Gasteiger partial charge is 0.497 e. The van der Waals surface area contributed by atoms with Gasteiger partial charge in [-0.3, -0.25) is 4.79 Å². The van der Waals surface area contributed by atoms with E-state index < -0.39 is 0 Å². The van der Waals surface area contributed by atoms with E-state index in [-0.39, 0.29) is 5.91 Å². The second-order valence-corrected chi connectivity index (χ2v) is 7.44. The average molecular weight is 344 g/mol. The minimum Gasteiger partial charge on any atom is -0.497 e. The van der Waals surface area contributed by atoms with Crippen molar-refractivity contribution in [3.8, 4) is 16.9 Å². The quantitative estimate of drug-likeness (QED) is 0.922. The number of piperidine rings is 1. The fourth-order valence-corrected chi connectivity index (χ4v) is 4.21. The van der Waals surface area contributed by atoms with E-state index in [0.717, 1.165) is 47.7 Å². The molecule has 24 heavy (non-hydrogen) atoms. The Morgan fingerprint density at radius 2 is 2.08 bits per heavy atom.